The summed E-state index contributed by atoms with van der Waals surface area (Å²) in [6.45, 7) is 0. The summed E-state index contributed by atoms with van der Waals surface area (Å²) in [7, 11) is 0. The SMILES string of the molecule is [NH-]N.[NH-]N.[Zn+2]. The molecule has 0 heterocycles. The first-order valence-electron chi connectivity index (χ1n) is 0.577. The molecule has 4 nitrogen and oxygen atoms in total. The minimum Gasteiger partial charge on any atom is -0.615 e. The Labute approximate surface area is 43.6 Å². The Morgan fingerprint density at radius 2 is 0.800 bits per heavy atom. The van der Waals surface area contributed by atoms with Crippen LogP contribution >= 0.6 is 0 Å². The van der Waals surface area contributed by atoms with Crippen molar-refractivity contribution in [3.05, 3.63) is 11.7 Å². The van der Waals surface area contributed by atoms with Crippen LogP contribution in [-0.2, 0) is 19.5 Å². The molecule has 0 unspecified atom stereocenters. The summed E-state index contributed by atoms with van der Waals surface area (Å²) in [4.78, 5) is 0. The van der Waals surface area contributed by atoms with Gasteiger partial charge in [0.05, 0.1) is 0 Å². The molecule has 0 aliphatic rings. The fraction of sp³-hybridized carbons (Fsp3) is 0. The molecule has 28 valence electrons. The third-order valence-corrected chi connectivity index (χ3v) is 0. The van der Waals surface area contributed by atoms with Crippen LogP contribution in [-0.4, -0.2) is 0 Å². The van der Waals surface area contributed by atoms with Gasteiger partial charge in [-0.15, -0.1) is 0 Å². The van der Waals surface area contributed by atoms with Crippen molar-refractivity contribution in [3.8, 4) is 0 Å². The standard InChI is InChI=1S/2H3N2.Zn/c2*1-2;/h2*1H,2H2;/q2*-1;+2. The first kappa shape index (κ1) is 17.9. The third-order valence-electron chi connectivity index (χ3n) is 0. The van der Waals surface area contributed by atoms with Crippen molar-refractivity contribution in [1.29, 1.82) is 0 Å². The maximum absolute atomic E-state index is 5.25. The average molecular weight is 127 g/mol. The van der Waals surface area contributed by atoms with Gasteiger partial charge in [0.1, 0.15) is 0 Å². The van der Waals surface area contributed by atoms with Crippen LogP contribution in [0.3, 0.4) is 0 Å². The second-order valence-electron chi connectivity index (χ2n) is 0. The van der Waals surface area contributed by atoms with E-state index in [1.807, 2.05) is 0 Å². The van der Waals surface area contributed by atoms with Gasteiger partial charge in [-0.05, 0) is 0 Å². The van der Waals surface area contributed by atoms with Crippen molar-refractivity contribution in [2.24, 2.45) is 11.7 Å². The molecule has 0 saturated carbocycles. The van der Waals surface area contributed by atoms with E-state index < -0.39 is 0 Å². The van der Waals surface area contributed by atoms with Gasteiger partial charge in [0.25, 0.3) is 0 Å². The van der Waals surface area contributed by atoms with Gasteiger partial charge in [0.2, 0.25) is 0 Å². The van der Waals surface area contributed by atoms with Crippen LogP contribution in [0, 0.1) is 0 Å². The van der Waals surface area contributed by atoms with E-state index >= 15 is 0 Å². The summed E-state index contributed by atoms with van der Waals surface area (Å²) in [5.41, 5.74) is 0. The second-order valence-corrected chi connectivity index (χ2v) is 0. The molecule has 0 aromatic carbocycles. The monoisotopic (exact) mass is 126 g/mol. The van der Waals surface area contributed by atoms with Crippen LogP contribution in [0.5, 0.6) is 0 Å². The minimum absolute atomic E-state index is 0. The van der Waals surface area contributed by atoms with Gasteiger partial charge >= 0.3 is 19.5 Å². The van der Waals surface area contributed by atoms with E-state index in [2.05, 4.69) is 11.7 Å². The normalized spacial score (nSPS) is 2.40. The Bertz CT molecular complexity index is 3.61. The smallest absolute Gasteiger partial charge is 0.615 e. The molecule has 0 spiro atoms. The molecule has 5 heavy (non-hydrogen) atoms. The van der Waals surface area contributed by atoms with Crippen LogP contribution < -0.4 is 11.7 Å². The first-order valence-corrected chi connectivity index (χ1v) is 0.577. The van der Waals surface area contributed by atoms with Crippen molar-refractivity contribution in [1.82, 2.24) is 0 Å². The Kier molecular flexibility index (Phi) is 894. The number of hydrogen-bond donors (Lipinski definition) is 2. The molecule has 0 amide bonds. The summed E-state index contributed by atoms with van der Waals surface area (Å²) < 4.78 is 0. The van der Waals surface area contributed by atoms with E-state index in [1.165, 1.54) is 0 Å². The Hall–Kier alpha value is 0.463. The predicted octanol–water partition coefficient (Wildman–Crippen LogP) is -0.178. The van der Waals surface area contributed by atoms with E-state index in [4.69, 9.17) is 11.7 Å². The molecule has 0 atom stereocenters. The molecule has 0 radical (unpaired) electrons. The van der Waals surface area contributed by atoms with Gasteiger partial charge in [-0.2, -0.15) is 0 Å². The van der Waals surface area contributed by atoms with E-state index in [0.717, 1.165) is 0 Å². The summed E-state index contributed by atoms with van der Waals surface area (Å²) in [5, 5.41) is 0. The predicted molar refractivity (Wildman–Crippen MR) is 17.0 cm³/mol. The summed E-state index contributed by atoms with van der Waals surface area (Å²) >= 11 is 0. The Morgan fingerprint density at radius 3 is 0.800 bits per heavy atom. The molecule has 0 saturated heterocycles. The molecular weight excluding hydrogens is 121 g/mol. The minimum atomic E-state index is 0. The van der Waals surface area contributed by atoms with E-state index in [-0.39, 0.29) is 19.5 Å². The summed E-state index contributed by atoms with van der Waals surface area (Å²) in [6, 6.07) is 0. The van der Waals surface area contributed by atoms with Gasteiger partial charge in [0, 0.05) is 0 Å². The van der Waals surface area contributed by atoms with Crippen molar-refractivity contribution >= 4 is 0 Å². The average Bonchev–Trinajstić information content (AvgIpc) is 1.50. The zero-order valence-corrected chi connectivity index (χ0v) is 5.83. The molecule has 6 N–H and O–H groups in total. The van der Waals surface area contributed by atoms with Crippen molar-refractivity contribution < 1.29 is 19.5 Å². The van der Waals surface area contributed by atoms with Crippen LogP contribution in [0.25, 0.3) is 11.7 Å². The fourth-order valence-electron chi connectivity index (χ4n) is 0. The maximum Gasteiger partial charge on any atom is 2.00 e. The van der Waals surface area contributed by atoms with Gasteiger partial charge in [-0.1, -0.05) is 0 Å². The number of rotatable bonds is 0. The number of nitrogens with two attached hydrogens (primary N) is 2. The van der Waals surface area contributed by atoms with E-state index in [0.29, 0.717) is 0 Å². The molecule has 0 aromatic rings. The maximum atomic E-state index is 5.25. The van der Waals surface area contributed by atoms with Gasteiger partial charge < -0.3 is 23.4 Å². The zero-order valence-electron chi connectivity index (χ0n) is 2.86. The second kappa shape index (κ2) is 249. The van der Waals surface area contributed by atoms with Gasteiger partial charge in [-0.25, -0.2) is 0 Å². The van der Waals surface area contributed by atoms with E-state index in [1.54, 1.807) is 0 Å². The first-order chi connectivity index (χ1) is 2.00. The van der Waals surface area contributed by atoms with Gasteiger partial charge in [-0.3, -0.25) is 0 Å². The molecule has 5 heteroatoms. The molecule has 0 bridgehead atoms. The largest absolute Gasteiger partial charge is 2.00 e. The number of hydrogen-bond acceptors (Lipinski definition) is 2. The third kappa shape index (κ3) is 126. The topological polar surface area (TPSA) is 99.6 Å². The van der Waals surface area contributed by atoms with Crippen molar-refractivity contribution in [2.45, 2.75) is 0 Å². The Balaban J connectivity index is -0.0000000133. The summed E-state index contributed by atoms with van der Waals surface area (Å²) in [6.07, 6.45) is 0. The number of nitrogens with one attached hydrogen (secondary N) is 2. The summed E-state index contributed by atoms with van der Waals surface area (Å²) in [5.74, 6) is 18.0. The van der Waals surface area contributed by atoms with Gasteiger partial charge in [0.15, 0.2) is 0 Å². The molecule has 0 aromatic heterocycles. The van der Waals surface area contributed by atoms with E-state index in [9.17, 15) is 0 Å². The molecular formula is H6N4Zn. The van der Waals surface area contributed by atoms with Crippen LogP contribution in [0.1, 0.15) is 0 Å². The molecule has 0 aliphatic carbocycles. The zero-order chi connectivity index (χ0) is 4.00. The quantitative estimate of drug-likeness (QED) is 0.268. The Morgan fingerprint density at radius 1 is 0.800 bits per heavy atom. The van der Waals surface area contributed by atoms with Crippen molar-refractivity contribution in [2.75, 3.05) is 0 Å². The van der Waals surface area contributed by atoms with Crippen LogP contribution in [0.4, 0.5) is 0 Å². The fourth-order valence-corrected chi connectivity index (χ4v) is 0. The van der Waals surface area contributed by atoms with Crippen molar-refractivity contribution in [3.63, 3.8) is 0 Å². The molecule has 0 aliphatic heterocycles. The molecule has 0 rings (SSSR count). The van der Waals surface area contributed by atoms with Crippen LogP contribution in [0.2, 0.25) is 0 Å². The molecule has 0 fully saturated rings. The van der Waals surface area contributed by atoms with Crippen LogP contribution in [0.15, 0.2) is 0 Å².